The van der Waals surface area contributed by atoms with Crippen molar-refractivity contribution in [1.29, 1.82) is 0 Å². The predicted octanol–water partition coefficient (Wildman–Crippen LogP) is 2.44. The van der Waals surface area contributed by atoms with Crippen LogP contribution in [0.4, 0.5) is 0 Å². The molecule has 0 aliphatic rings. The lowest BCUT2D eigenvalue weighted by molar-refractivity contribution is 0.340. The third kappa shape index (κ3) is 4.21. The molecular weight excluding hydrogens is 399 g/mol. The fourth-order valence-corrected chi connectivity index (χ4v) is 3.23. The molecule has 2 aromatic carbocycles. The Morgan fingerprint density at radius 2 is 1.68 bits per heavy atom. The normalized spacial score (nSPS) is 12.4. The zero-order chi connectivity index (χ0) is 20.3. The van der Waals surface area contributed by atoms with E-state index in [0.717, 1.165) is 11.3 Å². The number of ether oxygens (including phenoxy) is 1. The van der Waals surface area contributed by atoms with E-state index in [2.05, 4.69) is 4.98 Å². The summed E-state index contributed by atoms with van der Waals surface area (Å²) in [5.41, 5.74) is 0.481. The van der Waals surface area contributed by atoms with Crippen LogP contribution in [0.5, 0.6) is 5.75 Å². The second kappa shape index (κ2) is 8.50. The van der Waals surface area contributed by atoms with Gasteiger partial charge < -0.3 is 14.3 Å². The van der Waals surface area contributed by atoms with Gasteiger partial charge in [0.2, 0.25) is 0 Å². The minimum Gasteiger partial charge on any atom is -0.494 e. The van der Waals surface area contributed by atoms with E-state index in [4.69, 9.17) is 27.9 Å². The molecule has 1 heterocycles. The van der Waals surface area contributed by atoms with Crippen LogP contribution >= 0.6 is 23.2 Å². The largest absolute Gasteiger partial charge is 0.494 e. The SMILES string of the molecule is CCOc1ccc(/C=c2\[nH]c(=O)/c(=C/c3c(Cl)cccc3Cl)n(C)c2=O)cc1. The van der Waals surface area contributed by atoms with Crippen LogP contribution in [-0.4, -0.2) is 16.2 Å². The van der Waals surface area contributed by atoms with Crippen LogP contribution in [0.3, 0.4) is 0 Å². The van der Waals surface area contributed by atoms with Crippen molar-refractivity contribution < 1.29 is 4.74 Å². The predicted molar refractivity (Wildman–Crippen MR) is 113 cm³/mol. The summed E-state index contributed by atoms with van der Waals surface area (Å²) < 4.78 is 6.68. The summed E-state index contributed by atoms with van der Waals surface area (Å²) in [5.74, 6) is 0.739. The van der Waals surface area contributed by atoms with Gasteiger partial charge in [-0.2, -0.15) is 0 Å². The van der Waals surface area contributed by atoms with Gasteiger partial charge in [0.1, 0.15) is 16.4 Å². The number of benzene rings is 2. The monoisotopic (exact) mass is 416 g/mol. The Morgan fingerprint density at radius 1 is 1.04 bits per heavy atom. The Balaban J connectivity index is 2.15. The van der Waals surface area contributed by atoms with Gasteiger partial charge in [0.15, 0.2) is 0 Å². The molecule has 5 nitrogen and oxygen atoms in total. The van der Waals surface area contributed by atoms with Crippen LogP contribution in [0, 0.1) is 0 Å². The maximum absolute atomic E-state index is 12.7. The molecule has 0 aliphatic heterocycles. The zero-order valence-electron chi connectivity index (χ0n) is 15.3. The molecule has 0 spiro atoms. The van der Waals surface area contributed by atoms with Gasteiger partial charge in [-0.05, 0) is 48.9 Å². The Morgan fingerprint density at radius 3 is 2.29 bits per heavy atom. The topological polar surface area (TPSA) is 64.1 Å². The molecule has 0 fully saturated rings. The van der Waals surface area contributed by atoms with E-state index < -0.39 is 5.56 Å². The fourth-order valence-electron chi connectivity index (χ4n) is 2.72. The van der Waals surface area contributed by atoms with Crippen LogP contribution in [0.2, 0.25) is 10.0 Å². The Kier molecular flexibility index (Phi) is 6.07. The molecule has 0 unspecified atom stereocenters. The minimum atomic E-state index is -0.421. The number of hydrogen-bond donors (Lipinski definition) is 1. The first-order chi connectivity index (χ1) is 13.4. The van der Waals surface area contributed by atoms with Crippen LogP contribution in [-0.2, 0) is 7.05 Å². The lowest BCUT2D eigenvalue weighted by Gasteiger charge is -2.04. The van der Waals surface area contributed by atoms with Gasteiger partial charge in [0.25, 0.3) is 11.1 Å². The molecule has 1 aromatic heterocycles. The second-order valence-electron chi connectivity index (χ2n) is 6.04. The highest BCUT2D eigenvalue weighted by Crippen LogP contribution is 2.24. The number of hydrogen-bond acceptors (Lipinski definition) is 3. The Hall–Kier alpha value is -2.76. The van der Waals surface area contributed by atoms with Gasteiger partial charge >= 0.3 is 0 Å². The van der Waals surface area contributed by atoms with E-state index in [-0.39, 0.29) is 16.3 Å². The molecule has 0 amide bonds. The molecule has 144 valence electrons. The Bertz CT molecular complexity index is 1220. The van der Waals surface area contributed by atoms with Crippen LogP contribution in [0.25, 0.3) is 12.2 Å². The van der Waals surface area contributed by atoms with Crippen molar-refractivity contribution in [3.05, 3.63) is 95.0 Å². The molecule has 0 aliphatic carbocycles. The van der Waals surface area contributed by atoms with Crippen molar-refractivity contribution in [2.75, 3.05) is 6.61 Å². The smallest absolute Gasteiger partial charge is 0.274 e. The third-order valence-corrected chi connectivity index (χ3v) is 4.82. The van der Waals surface area contributed by atoms with E-state index in [1.165, 1.54) is 17.7 Å². The molecule has 0 radical (unpaired) electrons. The molecule has 1 N–H and O–H groups in total. The lowest BCUT2D eigenvalue weighted by atomic mass is 10.2. The van der Waals surface area contributed by atoms with Crippen LogP contribution in [0.15, 0.2) is 52.1 Å². The van der Waals surface area contributed by atoms with E-state index in [1.807, 2.05) is 19.1 Å². The summed E-state index contributed by atoms with van der Waals surface area (Å²) in [6, 6.07) is 12.3. The fraction of sp³-hybridized carbons (Fsp3) is 0.143. The maximum atomic E-state index is 12.7. The molecule has 3 rings (SSSR count). The van der Waals surface area contributed by atoms with Crippen molar-refractivity contribution in [2.24, 2.45) is 7.05 Å². The molecular formula is C21H18Cl2N2O3. The lowest BCUT2D eigenvalue weighted by Crippen LogP contribution is -2.52. The summed E-state index contributed by atoms with van der Waals surface area (Å²) in [4.78, 5) is 28.0. The summed E-state index contributed by atoms with van der Waals surface area (Å²) in [5, 5.41) is 1.12. The quantitative estimate of drug-likeness (QED) is 0.710. The molecule has 7 heteroatoms. The summed E-state index contributed by atoms with van der Waals surface area (Å²) in [7, 11) is 1.53. The summed E-state index contributed by atoms with van der Waals surface area (Å²) in [6.45, 7) is 2.48. The number of halogens is 2. The first-order valence-electron chi connectivity index (χ1n) is 8.60. The van der Waals surface area contributed by atoms with E-state index in [9.17, 15) is 9.59 Å². The molecule has 28 heavy (non-hydrogen) atoms. The van der Waals surface area contributed by atoms with E-state index in [1.54, 1.807) is 36.4 Å². The molecule has 0 atom stereocenters. The van der Waals surface area contributed by atoms with Crippen LogP contribution in [0.1, 0.15) is 18.1 Å². The minimum absolute atomic E-state index is 0.156. The first kappa shape index (κ1) is 20.0. The molecule has 3 aromatic rings. The average molecular weight is 417 g/mol. The van der Waals surface area contributed by atoms with Gasteiger partial charge in [-0.1, -0.05) is 41.4 Å². The van der Waals surface area contributed by atoms with Gasteiger partial charge in [-0.15, -0.1) is 0 Å². The molecule has 0 saturated heterocycles. The molecule has 0 saturated carbocycles. The van der Waals surface area contributed by atoms with Crippen molar-refractivity contribution in [3.63, 3.8) is 0 Å². The van der Waals surface area contributed by atoms with Gasteiger partial charge in [0.05, 0.1) is 6.61 Å². The Labute approximate surface area is 171 Å². The van der Waals surface area contributed by atoms with Crippen molar-refractivity contribution in [1.82, 2.24) is 9.55 Å². The number of aromatic amines is 1. The first-order valence-corrected chi connectivity index (χ1v) is 9.36. The van der Waals surface area contributed by atoms with Crippen LogP contribution < -0.4 is 26.6 Å². The van der Waals surface area contributed by atoms with Crippen molar-refractivity contribution in [3.8, 4) is 5.75 Å². The third-order valence-electron chi connectivity index (χ3n) is 4.16. The summed E-state index contributed by atoms with van der Waals surface area (Å²) >= 11 is 12.3. The number of rotatable bonds is 4. The second-order valence-corrected chi connectivity index (χ2v) is 6.86. The highest BCUT2D eigenvalue weighted by molar-refractivity contribution is 6.37. The maximum Gasteiger partial charge on any atom is 0.274 e. The number of nitrogens with one attached hydrogen (secondary N) is 1. The summed E-state index contributed by atoms with van der Waals surface area (Å²) in [6.07, 6.45) is 3.12. The average Bonchev–Trinajstić information content (AvgIpc) is 2.67. The standard InChI is InChI=1S/C21H18Cl2N2O3/c1-3-28-14-9-7-13(8-10-14)11-18-21(27)25(2)19(20(26)24-18)12-15-16(22)5-4-6-17(15)23/h4-12H,3H2,1-2H3,(H,24,26)/b18-11-,19-12-. The highest BCUT2D eigenvalue weighted by Gasteiger charge is 2.06. The highest BCUT2D eigenvalue weighted by atomic mass is 35.5. The van der Waals surface area contributed by atoms with Gasteiger partial charge in [-0.25, -0.2) is 0 Å². The van der Waals surface area contributed by atoms with Gasteiger partial charge in [0, 0.05) is 22.7 Å². The van der Waals surface area contributed by atoms with Crippen molar-refractivity contribution >= 4 is 35.4 Å². The number of H-pyrrole nitrogens is 1. The molecule has 0 bridgehead atoms. The van der Waals surface area contributed by atoms with Crippen molar-refractivity contribution in [2.45, 2.75) is 6.92 Å². The number of nitrogens with zero attached hydrogens (tertiary/aromatic N) is 1. The van der Waals surface area contributed by atoms with E-state index in [0.29, 0.717) is 22.2 Å². The van der Waals surface area contributed by atoms with E-state index >= 15 is 0 Å². The number of aromatic nitrogens is 2. The zero-order valence-corrected chi connectivity index (χ0v) is 16.8. The van der Waals surface area contributed by atoms with Gasteiger partial charge in [-0.3, -0.25) is 9.59 Å².